The van der Waals surface area contributed by atoms with Gasteiger partial charge in [-0.2, -0.15) is 0 Å². The van der Waals surface area contributed by atoms with Crippen molar-refractivity contribution in [3.63, 3.8) is 0 Å². The summed E-state index contributed by atoms with van der Waals surface area (Å²) in [4.78, 5) is 16.1. The summed E-state index contributed by atoms with van der Waals surface area (Å²) in [6.45, 7) is 2.15. The minimum absolute atomic E-state index is 0.520. The first kappa shape index (κ1) is 26.0. The highest BCUT2D eigenvalue weighted by atomic mass is 32.2. The van der Waals surface area contributed by atoms with E-state index in [-0.39, 0.29) is 0 Å². The molecular weight excluding hydrogens is 535 g/mol. The quantitative estimate of drug-likeness (QED) is 0.142. The van der Waals surface area contributed by atoms with Gasteiger partial charge in [-0.15, -0.1) is 11.8 Å². The first-order chi connectivity index (χ1) is 19.6. The molecule has 8 heteroatoms. The van der Waals surface area contributed by atoms with Gasteiger partial charge in [-0.05, 0) is 77.4 Å². The third kappa shape index (κ3) is 5.28. The van der Waals surface area contributed by atoms with Gasteiger partial charge < -0.3 is 15.2 Å². The number of nitrogens with one attached hydrogen (secondary N) is 1. The van der Waals surface area contributed by atoms with Gasteiger partial charge in [0.15, 0.2) is 0 Å². The molecule has 3 N–H and O–H groups in total. The second-order valence-electron chi connectivity index (χ2n) is 9.10. The number of thioether (sulfide) groups is 1. The number of hydrogen-bond acceptors (Lipinski definition) is 8. The number of methoxy groups -OCH3 is 1. The van der Waals surface area contributed by atoms with E-state index in [0.29, 0.717) is 11.7 Å². The van der Waals surface area contributed by atoms with Crippen LogP contribution < -0.4 is 15.2 Å². The number of pyridine rings is 3. The fourth-order valence-electron chi connectivity index (χ4n) is 4.61. The molecule has 6 rings (SSSR count). The van der Waals surface area contributed by atoms with Crippen molar-refractivity contribution in [3.8, 4) is 28.1 Å². The van der Waals surface area contributed by atoms with E-state index in [2.05, 4.69) is 70.1 Å². The number of para-hydroxylation sites is 1. The fourth-order valence-corrected chi connectivity index (χ4v) is 6.06. The van der Waals surface area contributed by atoms with Crippen LogP contribution >= 0.6 is 23.7 Å². The first-order valence-corrected chi connectivity index (χ1v) is 14.7. The van der Waals surface area contributed by atoms with Crippen molar-refractivity contribution in [3.05, 3.63) is 97.3 Å². The predicted octanol–water partition coefficient (Wildman–Crippen LogP) is 8.33. The Labute approximate surface area is 241 Å². The summed E-state index contributed by atoms with van der Waals surface area (Å²) in [6.07, 6.45) is 3.63. The molecule has 0 aliphatic rings. The van der Waals surface area contributed by atoms with E-state index in [1.807, 2.05) is 60.6 Å². The monoisotopic (exact) mass is 561 g/mol. The maximum absolute atomic E-state index is 6.38. The number of nitrogen functional groups attached to an aromatic ring is 1. The number of hydrogen-bond donors (Lipinski definition) is 2. The molecule has 0 fully saturated rings. The summed E-state index contributed by atoms with van der Waals surface area (Å²) >= 11 is 3.31. The molecule has 3 aromatic heterocycles. The molecule has 0 unspecified atom stereocenters. The number of nitrogens with two attached hydrogens (primary N) is 1. The maximum Gasteiger partial charge on any atom is 0.237 e. The van der Waals surface area contributed by atoms with Gasteiger partial charge >= 0.3 is 0 Å². The molecule has 3 heterocycles. The van der Waals surface area contributed by atoms with Crippen molar-refractivity contribution >= 4 is 57.0 Å². The molecular formula is C32H27N5OS2. The highest BCUT2D eigenvalue weighted by Crippen LogP contribution is 2.36. The molecule has 0 aliphatic heterocycles. The Hall–Kier alpha value is -4.27. The van der Waals surface area contributed by atoms with Gasteiger partial charge in [0.05, 0.1) is 23.0 Å². The third-order valence-corrected chi connectivity index (χ3v) is 8.33. The molecule has 0 bridgehead atoms. The van der Waals surface area contributed by atoms with Crippen LogP contribution in [0.5, 0.6) is 5.88 Å². The Morgan fingerprint density at radius 1 is 0.850 bits per heavy atom. The molecule has 3 aromatic carbocycles. The highest BCUT2D eigenvalue weighted by Gasteiger charge is 2.12. The average Bonchev–Trinajstić information content (AvgIpc) is 3.00. The number of anilines is 2. The van der Waals surface area contributed by atoms with Gasteiger partial charge in [0.25, 0.3) is 0 Å². The summed E-state index contributed by atoms with van der Waals surface area (Å²) in [6, 6.07) is 28.9. The van der Waals surface area contributed by atoms with Crippen LogP contribution in [-0.2, 0) is 0 Å². The molecule has 40 heavy (non-hydrogen) atoms. The van der Waals surface area contributed by atoms with E-state index < -0.39 is 0 Å². The van der Waals surface area contributed by atoms with E-state index in [4.69, 9.17) is 15.5 Å². The molecule has 6 aromatic rings. The van der Waals surface area contributed by atoms with Crippen molar-refractivity contribution in [2.24, 2.45) is 0 Å². The molecule has 0 saturated heterocycles. The molecule has 0 saturated carbocycles. The molecule has 198 valence electrons. The smallest absolute Gasteiger partial charge is 0.237 e. The normalized spacial score (nSPS) is 11.2. The summed E-state index contributed by atoms with van der Waals surface area (Å²) < 4.78 is 8.99. The van der Waals surface area contributed by atoms with Crippen LogP contribution in [0.15, 0.2) is 107 Å². The van der Waals surface area contributed by atoms with E-state index >= 15 is 0 Å². The van der Waals surface area contributed by atoms with Crippen LogP contribution in [0.4, 0.5) is 11.5 Å². The van der Waals surface area contributed by atoms with E-state index in [1.54, 1.807) is 7.11 Å². The number of rotatable bonds is 8. The van der Waals surface area contributed by atoms with E-state index in [9.17, 15) is 0 Å². The number of aromatic nitrogens is 3. The van der Waals surface area contributed by atoms with Crippen LogP contribution in [-0.4, -0.2) is 27.8 Å². The van der Waals surface area contributed by atoms with Crippen LogP contribution in [0.3, 0.4) is 0 Å². The highest BCUT2D eigenvalue weighted by molar-refractivity contribution is 8.00. The van der Waals surface area contributed by atoms with Gasteiger partial charge in [0.2, 0.25) is 5.88 Å². The Morgan fingerprint density at radius 3 is 2.50 bits per heavy atom. The number of nitrogens with zero attached hydrogens (tertiary/aromatic N) is 3. The van der Waals surface area contributed by atoms with Crippen LogP contribution in [0.2, 0.25) is 0 Å². The van der Waals surface area contributed by atoms with Crippen molar-refractivity contribution in [1.29, 1.82) is 0 Å². The second-order valence-corrected chi connectivity index (χ2v) is 11.3. The minimum atomic E-state index is 0.520. The summed E-state index contributed by atoms with van der Waals surface area (Å²) in [7, 11) is 1.62. The standard InChI is InChI=1S/C32H27N5OS2/c1-3-39-25-12-9-20(10-13-25)26-17-23-16-22(11-14-27(23)36-31(26)33)24-18-28(32(38-2)35-19-24)37-40-29-8-4-6-21-7-5-15-34-30(21)29/h4-19,37H,3H2,1-2H3,(H2,33,36). The van der Waals surface area contributed by atoms with Gasteiger partial charge in [0.1, 0.15) is 11.5 Å². The number of fused-ring (bicyclic) bond motifs is 2. The van der Waals surface area contributed by atoms with Gasteiger partial charge in [0, 0.05) is 39.2 Å². The van der Waals surface area contributed by atoms with Gasteiger partial charge in [-0.3, -0.25) is 4.98 Å². The topological polar surface area (TPSA) is 86.0 Å². The summed E-state index contributed by atoms with van der Waals surface area (Å²) in [5.41, 5.74) is 12.9. The molecule has 0 aliphatic carbocycles. The predicted molar refractivity (Wildman–Crippen MR) is 169 cm³/mol. The van der Waals surface area contributed by atoms with Crippen LogP contribution in [0.1, 0.15) is 6.92 Å². The SMILES string of the molecule is CCSc1ccc(-c2cc3cc(-c4cnc(OC)c(NSc5cccc6cccnc56)c4)ccc3nc2N)cc1. The van der Waals surface area contributed by atoms with Crippen molar-refractivity contribution in [1.82, 2.24) is 15.0 Å². The Balaban J connectivity index is 1.32. The van der Waals surface area contributed by atoms with E-state index in [0.717, 1.165) is 60.4 Å². The van der Waals surface area contributed by atoms with Gasteiger partial charge in [-0.25, -0.2) is 9.97 Å². The summed E-state index contributed by atoms with van der Waals surface area (Å²) in [5.74, 6) is 2.08. The lowest BCUT2D eigenvalue weighted by atomic mass is 10.0. The largest absolute Gasteiger partial charge is 0.480 e. The molecule has 0 radical (unpaired) electrons. The zero-order valence-electron chi connectivity index (χ0n) is 22.1. The molecule has 0 spiro atoms. The lowest BCUT2D eigenvalue weighted by Crippen LogP contribution is -1.97. The van der Waals surface area contributed by atoms with Crippen molar-refractivity contribution < 1.29 is 4.74 Å². The zero-order valence-corrected chi connectivity index (χ0v) is 23.7. The minimum Gasteiger partial charge on any atom is -0.480 e. The molecule has 6 nitrogen and oxygen atoms in total. The molecule has 0 atom stereocenters. The Bertz CT molecular complexity index is 1820. The lowest BCUT2D eigenvalue weighted by molar-refractivity contribution is 0.400. The second kappa shape index (κ2) is 11.5. The van der Waals surface area contributed by atoms with Crippen LogP contribution in [0, 0.1) is 0 Å². The summed E-state index contributed by atoms with van der Waals surface area (Å²) in [5, 5.41) is 2.10. The maximum atomic E-state index is 6.38. The van der Waals surface area contributed by atoms with Crippen LogP contribution in [0.25, 0.3) is 44.1 Å². The average molecular weight is 562 g/mol. The molecule has 0 amide bonds. The van der Waals surface area contributed by atoms with E-state index in [1.165, 1.54) is 16.8 Å². The number of benzene rings is 3. The fraction of sp³-hybridized carbons (Fsp3) is 0.0938. The Morgan fingerprint density at radius 2 is 1.68 bits per heavy atom. The van der Waals surface area contributed by atoms with Crippen molar-refractivity contribution in [2.75, 3.05) is 23.3 Å². The lowest BCUT2D eigenvalue weighted by Gasteiger charge is -2.13. The van der Waals surface area contributed by atoms with Crippen molar-refractivity contribution in [2.45, 2.75) is 16.7 Å². The Kier molecular flexibility index (Phi) is 7.44. The number of ether oxygens (including phenoxy) is 1. The van der Waals surface area contributed by atoms with Gasteiger partial charge in [-0.1, -0.05) is 43.3 Å². The first-order valence-electron chi connectivity index (χ1n) is 12.9. The zero-order chi connectivity index (χ0) is 27.5. The third-order valence-electron chi connectivity index (χ3n) is 6.57.